The summed E-state index contributed by atoms with van der Waals surface area (Å²) in [5.74, 6) is -5.31. The molecular formula is C77H144N3O19P. The predicted molar refractivity (Wildman–Crippen MR) is 392 cm³/mol. The van der Waals surface area contributed by atoms with Crippen molar-refractivity contribution in [2.45, 2.75) is 437 Å². The van der Waals surface area contributed by atoms with Gasteiger partial charge in [0, 0.05) is 19.3 Å². The Morgan fingerprint density at radius 1 is 0.420 bits per heavy atom. The number of ether oxygens (including phenoxy) is 5. The number of esters is 3. The van der Waals surface area contributed by atoms with Gasteiger partial charge in [-0.1, -0.05) is 286 Å². The predicted octanol–water partition coefficient (Wildman–Crippen LogP) is 17.2. The molecule has 0 bridgehead atoms. The van der Waals surface area contributed by atoms with Gasteiger partial charge in [-0.05, 0) is 57.8 Å². The fraction of sp³-hybridized carbons (Fsp3) is 0.909. The lowest BCUT2D eigenvalue weighted by atomic mass is 9.96. The van der Waals surface area contributed by atoms with Gasteiger partial charge >= 0.3 is 31.7 Å². The maximum absolute atomic E-state index is 14.7. The van der Waals surface area contributed by atoms with Gasteiger partial charge in [0.15, 0.2) is 12.3 Å². The van der Waals surface area contributed by atoms with Crippen LogP contribution in [0, 0.1) is 0 Å². The minimum atomic E-state index is -5.54. The fourth-order valence-electron chi connectivity index (χ4n) is 12.8. The summed E-state index contributed by atoms with van der Waals surface area (Å²) in [5, 5.41) is 26.7. The number of carbonyl (C=O) groups is 7. The number of phosphoric ester groups is 1. The van der Waals surface area contributed by atoms with Gasteiger partial charge in [0.05, 0.1) is 32.5 Å². The van der Waals surface area contributed by atoms with Crippen LogP contribution in [0.4, 0.5) is 0 Å². The topological polar surface area (TPSA) is 318 Å². The lowest BCUT2D eigenvalue weighted by Gasteiger charge is -2.45. The minimum absolute atomic E-state index is 0.138. The van der Waals surface area contributed by atoms with Gasteiger partial charge in [0.25, 0.3) is 0 Å². The molecule has 1 rings (SSSR count). The molecule has 9 atom stereocenters. The van der Waals surface area contributed by atoms with Crippen molar-refractivity contribution >= 4 is 49.4 Å². The number of rotatable bonds is 70. The van der Waals surface area contributed by atoms with E-state index in [1.807, 2.05) is 6.92 Å². The standard InChI is InChI=1S/C77H144N3O19P/c1-7-13-19-24-29-32-37-40-46-51-62(94-70(85)54-45-18-12-6)57-67(82)78-65(76(88)89)61-93-77-73(79-68(83)58-63(52-47-41-38-33-30-25-20-14-8-2)95-71(86)55-49-43-35-27-22-16-10-4)75(74(66(60-81)97-77)99-100(90,91)92)98-80-69(84)59-64(53-48-42-39-34-31-26-21-15-9-3)96-72(87)56-50-44-36-28-23-17-11-5/h62-66,73-75,77,81H,7-61H2,1-6H3,(H,78,82)(H,79,83)(H,80,84)(H,88,89)(H2,90,91,92)/t62-,63-,64-,65+,66-,73-,74-,75-,77+/m1/s1. The van der Waals surface area contributed by atoms with Crippen molar-refractivity contribution in [3.8, 4) is 0 Å². The summed E-state index contributed by atoms with van der Waals surface area (Å²) >= 11 is 0. The van der Waals surface area contributed by atoms with Crippen LogP contribution < -0.4 is 16.1 Å². The van der Waals surface area contributed by atoms with E-state index < -0.39 is 130 Å². The van der Waals surface area contributed by atoms with Gasteiger partial charge in [0.1, 0.15) is 42.7 Å². The molecule has 0 unspecified atom stereocenters. The largest absolute Gasteiger partial charge is 0.480 e. The molecule has 0 aromatic carbocycles. The Kier molecular flexibility index (Phi) is 60.0. The second-order valence-electron chi connectivity index (χ2n) is 28.3. The van der Waals surface area contributed by atoms with Crippen molar-refractivity contribution in [1.82, 2.24) is 16.1 Å². The Bertz CT molecular complexity index is 2120. The molecule has 3 amide bonds. The third-order valence-corrected chi connectivity index (χ3v) is 19.3. The van der Waals surface area contributed by atoms with E-state index in [9.17, 15) is 58.1 Å². The van der Waals surface area contributed by atoms with Gasteiger partial charge in [-0.25, -0.2) is 14.8 Å². The molecule has 0 aromatic rings. The van der Waals surface area contributed by atoms with Gasteiger partial charge in [0.2, 0.25) is 17.7 Å². The lowest BCUT2D eigenvalue weighted by molar-refractivity contribution is -0.281. The number of phosphoric acid groups is 1. The number of aliphatic carboxylic acids is 1. The van der Waals surface area contributed by atoms with Crippen molar-refractivity contribution in [3.05, 3.63) is 0 Å². The van der Waals surface area contributed by atoms with Crippen LogP contribution in [0.2, 0.25) is 0 Å². The van der Waals surface area contributed by atoms with E-state index in [-0.39, 0.29) is 25.7 Å². The number of aliphatic hydroxyl groups excluding tert-OH is 1. The number of nitrogens with one attached hydrogen (secondary N) is 3. The molecule has 1 aliphatic heterocycles. The van der Waals surface area contributed by atoms with Crippen LogP contribution in [0.1, 0.15) is 382 Å². The third-order valence-electron chi connectivity index (χ3n) is 18.8. The Labute approximate surface area is 604 Å². The summed E-state index contributed by atoms with van der Waals surface area (Å²) in [4.78, 5) is 123. The van der Waals surface area contributed by atoms with Crippen LogP contribution in [0.5, 0.6) is 0 Å². The van der Waals surface area contributed by atoms with Crippen molar-refractivity contribution in [2.75, 3.05) is 13.2 Å². The summed E-state index contributed by atoms with van der Waals surface area (Å²) in [7, 11) is -5.54. The number of aliphatic hydroxyl groups is 1. The average Bonchev–Trinajstić information content (AvgIpc) is 0.784. The van der Waals surface area contributed by atoms with Crippen molar-refractivity contribution < 1.29 is 91.2 Å². The molecule has 1 saturated heterocycles. The lowest BCUT2D eigenvalue weighted by Crippen LogP contribution is -2.67. The molecule has 22 nitrogen and oxygen atoms in total. The summed E-state index contributed by atoms with van der Waals surface area (Å²) in [6.45, 7) is 11.0. The van der Waals surface area contributed by atoms with Gasteiger partial charge < -0.3 is 54.3 Å². The molecular weight excluding hydrogens is 1300 g/mol. The maximum Gasteiger partial charge on any atom is 0.470 e. The number of carboxylic acids is 1. The second kappa shape index (κ2) is 63.7. The fourth-order valence-corrected chi connectivity index (χ4v) is 13.4. The monoisotopic (exact) mass is 1450 g/mol. The zero-order valence-electron chi connectivity index (χ0n) is 63.4. The van der Waals surface area contributed by atoms with E-state index in [0.717, 1.165) is 199 Å². The Morgan fingerprint density at radius 2 is 0.730 bits per heavy atom. The molecule has 1 fully saturated rings. The number of amides is 3. The van der Waals surface area contributed by atoms with Crippen LogP contribution in [0.3, 0.4) is 0 Å². The first-order chi connectivity index (χ1) is 48.3. The summed E-state index contributed by atoms with van der Waals surface area (Å²) < 4.78 is 48.3. The highest BCUT2D eigenvalue weighted by atomic mass is 31.2. The van der Waals surface area contributed by atoms with Crippen LogP contribution >= 0.6 is 7.82 Å². The highest BCUT2D eigenvalue weighted by Gasteiger charge is 2.52. The average molecular weight is 1450 g/mol. The Morgan fingerprint density at radius 3 is 1.07 bits per heavy atom. The second-order valence-corrected chi connectivity index (χ2v) is 29.5. The van der Waals surface area contributed by atoms with Crippen LogP contribution in [-0.2, 0) is 71.2 Å². The molecule has 23 heteroatoms. The normalized spacial score (nSPS) is 17.4. The summed E-state index contributed by atoms with van der Waals surface area (Å²) in [6.07, 6.45) is 34.2. The van der Waals surface area contributed by atoms with Crippen LogP contribution in [0.15, 0.2) is 0 Å². The Balaban J connectivity index is 3.80. The maximum atomic E-state index is 14.7. The molecule has 1 aliphatic rings. The first kappa shape index (κ1) is 94.3. The van der Waals surface area contributed by atoms with Gasteiger partial charge in [-0.15, -0.1) is 0 Å². The molecule has 0 aromatic heterocycles. The van der Waals surface area contributed by atoms with Gasteiger partial charge in [-0.3, -0.25) is 38.1 Å². The summed E-state index contributed by atoms with van der Waals surface area (Å²) in [5.41, 5.74) is 2.34. The van der Waals surface area contributed by atoms with Crippen LogP contribution in [-0.4, -0.2) is 130 Å². The molecule has 0 spiro atoms. The third kappa shape index (κ3) is 52.2. The highest BCUT2D eigenvalue weighted by molar-refractivity contribution is 7.46. The SMILES string of the molecule is CCCCCCCCCCC[C@H](CC(=O)NO[C@@H]1[C@@H](NC(=O)C[C@@H](CCCCCCCCCCC)OC(=O)CCCCCCCCC)[C@@H](OC[C@H](NC(=O)C[C@@H](CCCCCCCCCCC)OC(=O)CCCCC)C(=O)O)O[C@H](CO)[C@H]1OP(=O)(O)O)OC(=O)CCCCCCCCC. The molecule has 0 aliphatic carbocycles. The van der Waals surface area contributed by atoms with E-state index >= 15 is 0 Å². The number of hydroxylamine groups is 1. The minimum Gasteiger partial charge on any atom is -0.480 e. The molecule has 586 valence electrons. The van der Waals surface area contributed by atoms with E-state index in [1.54, 1.807) is 0 Å². The van der Waals surface area contributed by atoms with Crippen LogP contribution in [0.25, 0.3) is 0 Å². The number of hydrogen-bond acceptors (Lipinski definition) is 16. The number of unbranched alkanes of at least 4 members (excludes halogenated alkanes) is 38. The quantitative estimate of drug-likeness (QED) is 0.00978. The molecule has 1 heterocycles. The van der Waals surface area contributed by atoms with E-state index in [1.165, 1.54) is 44.9 Å². The van der Waals surface area contributed by atoms with Gasteiger partial charge in [-0.2, -0.15) is 0 Å². The molecule has 0 saturated carbocycles. The number of carbonyl (C=O) groups excluding carboxylic acids is 6. The summed E-state index contributed by atoms with van der Waals surface area (Å²) in [6, 6.07) is -3.55. The first-order valence-corrected chi connectivity index (χ1v) is 41.8. The first-order valence-electron chi connectivity index (χ1n) is 40.3. The van der Waals surface area contributed by atoms with E-state index in [0.29, 0.717) is 57.8 Å². The van der Waals surface area contributed by atoms with Crippen molar-refractivity contribution in [2.24, 2.45) is 0 Å². The number of hydrogen-bond donors (Lipinski definition) is 7. The number of carboxylic acid groups (broad SMARTS) is 1. The highest BCUT2D eigenvalue weighted by Crippen LogP contribution is 2.42. The molecule has 100 heavy (non-hydrogen) atoms. The zero-order chi connectivity index (χ0) is 73.7. The van der Waals surface area contributed by atoms with E-state index in [2.05, 4.69) is 50.7 Å². The van der Waals surface area contributed by atoms with Crippen molar-refractivity contribution in [1.29, 1.82) is 0 Å². The zero-order valence-corrected chi connectivity index (χ0v) is 64.3. The molecule has 0 radical (unpaired) electrons. The van der Waals surface area contributed by atoms with Crippen molar-refractivity contribution in [3.63, 3.8) is 0 Å². The smallest absolute Gasteiger partial charge is 0.470 e. The molecule has 7 N–H and O–H groups in total. The Hall–Kier alpha value is -3.76. The van der Waals surface area contributed by atoms with E-state index in [4.69, 9.17) is 33.0 Å².